The number of hydrogen-bond acceptors (Lipinski definition) is 7. The predicted molar refractivity (Wildman–Crippen MR) is 104 cm³/mol. The second kappa shape index (κ2) is 8.17. The smallest absolute Gasteiger partial charge is 0.497 e. The maximum absolute atomic E-state index is 13.9. The predicted octanol–water partition coefficient (Wildman–Crippen LogP) is 3.15. The summed E-state index contributed by atoms with van der Waals surface area (Å²) in [6, 6.07) is 3.83. The van der Waals surface area contributed by atoms with Gasteiger partial charge in [-0.05, 0) is 19.2 Å². The number of rotatable bonds is 5. The molecule has 1 aromatic carbocycles. The Hall–Kier alpha value is -3.15. The molecule has 8 nitrogen and oxygen atoms in total. The molecule has 31 heavy (non-hydrogen) atoms. The van der Waals surface area contributed by atoms with Crippen molar-refractivity contribution in [1.82, 2.24) is 24.5 Å². The third kappa shape index (κ3) is 4.63. The second-order valence-corrected chi connectivity index (χ2v) is 7.33. The van der Waals surface area contributed by atoms with E-state index in [-0.39, 0.29) is 23.0 Å². The van der Waals surface area contributed by atoms with Gasteiger partial charge in [-0.25, -0.2) is 9.37 Å². The van der Waals surface area contributed by atoms with E-state index in [4.69, 9.17) is 4.74 Å². The van der Waals surface area contributed by atoms with Crippen molar-refractivity contribution in [3.05, 3.63) is 30.7 Å². The van der Waals surface area contributed by atoms with E-state index >= 15 is 0 Å². The number of nitrogens with one attached hydrogen (secondary N) is 1. The van der Waals surface area contributed by atoms with Crippen molar-refractivity contribution in [2.75, 3.05) is 32.6 Å². The van der Waals surface area contributed by atoms with E-state index in [2.05, 4.69) is 25.2 Å². The molecule has 1 saturated heterocycles. The number of halogens is 4. The molecule has 166 valence electrons. The van der Waals surface area contributed by atoms with E-state index in [0.717, 1.165) is 6.07 Å². The van der Waals surface area contributed by atoms with Crippen LogP contribution in [0.3, 0.4) is 0 Å². The minimum Gasteiger partial charge on any atom is -0.497 e. The average molecular weight is 440 g/mol. The Kier molecular flexibility index (Phi) is 5.56. The molecule has 1 aliphatic heterocycles. The maximum Gasteiger partial charge on any atom is 0.573 e. The number of likely N-dealkylation sites (tertiary alicyclic amines) is 1. The largest absolute Gasteiger partial charge is 0.573 e. The Labute approximate surface area is 174 Å². The summed E-state index contributed by atoms with van der Waals surface area (Å²) in [7, 11) is 3.17. The number of imidazole rings is 1. The van der Waals surface area contributed by atoms with E-state index in [1.165, 1.54) is 31.8 Å². The highest BCUT2D eigenvalue weighted by Gasteiger charge is 2.33. The monoisotopic (exact) mass is 440 g/mol. The summed E-state index contributed by atoms with van der Waals surface area (Å²) < 4.78 is 63.5. The van der Waals surface area contributed by atoms with Gasteiger partial charge in [-0.1, -0.05) is 0 Å². The van der Waals surface area contributed by atoms with E-state index < -0.39 is 18.3 Å². The van der Waals surface area contributed by atoms with Crippen LogP contribution in [0.1, 0.15) is 6.42 Å². The number of piperidine rings is 1. The Balaban J connectivity index is 1.72. The van der Waals surface area contributed by atoms with Crippen LogP contribution < -0.4 is 14.8 Å². The van der Waals surface area contributed by atoms with Crippen LogP contribution in [-0.2, 0) is 0 Å². The van der Waals surface area contributed by atoms with E-state index in [1.54, 1.807) is 4.40 Å². The number of ether oxygens (including phenoxy) is 2. The van der Waals surface area contributed by atoms with Gasteiger partial charge in [-0.3, -0.25) is 4.40 Å². The van der Waals surface area contributed by atoms with Crippen molar-refractivity contribution >= 4 is 11.5 Å². The van der Waals surface area contributed by atoms with Crippen molar-refractivity contribution in [3.8, 4) is 22.8 Å². The summed E-state index contributed by atoms with van der Waals surface area (Å²) >= 11 is 0. The van der Waals surface area contributed by atoms with Crippen LogP contribution in [0.5, 0.6) is 11.5 Å². The first-order valence-corrected chi connectivity index (χ1v) is 9.45. The summed E-state index contributed by atoms with van der Waals surface area (Å²) in [6.07, 6.45) is -2.64. The average Bonchev–Trinajstić information content (AvgIpc) is 3.17. The molecular weight excluding hydrogens is 420 g/mol. The molecule has 0 spiro atoms. The quantitative estimate of drug-likeness (QED) is 0.611. The van der Waals surface area contributed by atoms with Gasteiger partial charge in [0, 0.05) is 37.2 Å². The summed E-state index contributed by atoms with van der Waals surface area (Å²) in [5.74, 6) is 0.0376. The second-order valence-electron chi connectivity index (χ2n) is 7.33. The van der Waals surface area contributed by atoms with Crippen LogP contribution in [0.15, 0.2) is 30.7 Å². The summed E-state index contributed by atoms with van der Waals surface area (Å²) in [5.41, 5.74) is 0.633. The lowest BCUT2D eigenvalue weighted by atomic mass is 10.1. The summed E-state index contributed by atoms with van der Waals surface area (Å²) in [5, 5.41) is 11.4. The molecule has 3 aromatic rings. The third-order valence-electron chi connectivity index (χ3n) is 4.94. The van der Waals surface area contributed by atoms with E-state index in [1.807, 2.05) is 11.9 Å². The molecule has 0 amide bonds. The lowest BCUT2D eigenvalue weighted by Crippen LogP contribution is -2.45. The van der Waals surface area contributed by atoms with Crippen molar-refractivity contribution in [3.63, 3.8) is 0 Å². The Morgan fingerprint density at radius 3 is 2.71 bits per heavy atom. The Morgan fingerprint density at radius 1 is 1.19 bits per heavy atom. The number of nitrogens with zero attached hydrogens (tertiary/aromatic N) is 5. The van der Waals surface area contributed by atoms with Crippen LogP contribution in [0.4, 0.5) is 23.5 Å². The molecule has 12 heteroatoms. The van der Waals surface area contributed by atoms with Crippen molar-refractivity contribution < 1.29 is 27.0 Å². The van der Waals surface area contributed by atoms with Gasteiger partial charge in [0.1, 0.15) is 29.7 Å². The number of aromatic nitrogens is 4. The molecule has 0 saturated carbocycles. The highest BCUT2D eigenvalue weighted by molar-refractivity contribution is 5.81. The Morgan fingerprint density at radius 2 is 2.00 bits per heavy atom. The fourth-order valence-electron chi connectivity index (χ4n) is 3.69. The van der Waals surface area contributed by atoms with Gasteiger partial charge in [0.15, 0.2) is 0 Å². The van der Waals surface area contributed by atoms with Gasteiger partial charge in [-0.2, -0.15) is 0 Å². The highest BCUT2D eigenvalue weighted by Crippen LogP contribution is 2.37. The van der Waals surface area contributed by atoms with Crippen molar-refractivity contribution in [2.45, 2.75) is 25.0 Å². The van der Waals surface area contributed by atoms with Gasteiger partial charge < -0.3 is 19.7 Å². The normalized spacial score (nSPS) is 20.1. The molecule has 1 fully saturated rings. The fourth-order valence-corrected chi connectivity index (χ4v) is 3.69. The third-order valence-corrected chi connectivity index (χ3v) is 4.94. The molecule has 0 aliphatic carbocycles. The van der Waals surface area contributed by atoms with Crippen molar-refractivity contribution in [1.29, 1.82) is 0 Å². The molecule has 2 atom stereocenters. The molecule has 0 bridgehead atoms. The molecule has 4 rings (SSSR count). The van der Waals surface area contributed by atoms with Crippen molar-refractivity contribution in [2.24, 2.45) is 0 Å². The fraction of sp³-hybridized carbons (Fsp3) is 0.421. The lowest BCUT2D eigenvalue weighted by Gasteiger charge is -2.32. The first-order valence-electron chi connectivity index (χ1n) is 9.45. The SMILES string of the molecule is COc1ccc(-c2nnc(N[C@@H]3C[C@@H](F)CN(C)C3)n3cncc23)c(OC(F)(F)F)c1. The zero-order chi connectivity index (χ0) is 22.2. The zero-order valence-electron chi connectivity index (χ0n) is 16.7. The molecule has 3 heterocycles. The topological polar surface area (TPSA) is 76.8 Å². The van der Waals surface area contributed by atoms with Crippen LogP contribution in [0.25, 0.3) is 16.8 Å². The maximum atomic E-state index is 13.9. The van der Waals surface area contributed by atoms with Crippen LogP contribution in [0, 0.1) is 0 Å². The summed E-state index contributed by atoms with van der Waals surface area (Å²) in [4.78, 5) is 5.95. The molecule has 2 aromatic heterocycles. The number of benzene rings is 1. The lowest BCUT2D eigenvalue weighted by molar-refractivity contribution is -0.274. The van der Waals surface area contributed by atoms with Gasteiger partial charge in [0.2, 0.25) is 5.95 Å². The highest BCUT2D eigenvalue weighted by atomic mass is 19.4. The van der Waals surface area contributed by atoms with Gasteiger partial charge in [0.25, 0.3) is 0 Å². The zero-order valence-corrected chi connectivity index (χ0v) is 16.7. The first-order chi connectivity index (χ1) is 14.7. The van der Waals surface area contributed by atoms with Gasteiger partial charge in [-0.15, -0.1) is 23.4 Å². The van der Waals surface area contributed by atoms with Crippen LogP contribution in [0.2, 0.25) is 0 Å². The van der Waals surface area contributed by atoms with Crippen LogP contribution in [-0.4, -0.2) is 70.3 Å². The molecular formula is C19H20F4N6O2. The minimum atomic E-state index is -4.90. The molecule has 1 N–H and O–H groups in total. The van der Waals surface area contributed by atoms with E-state index in [9.17, 15) is 17.6 Å². The number of alkyl halides is 4. The standard InChI is InChI=1S/C19H20F4N6O2/c1-28-8-11(20)5-12(9-28)25-18-27-26-17(15-7-24-10-29(15)18)14-4-3-13(30-2)6-16(14)31-19(21,22)23/h3-4,6-7,10-12H,5,8-9H2,1-2H3,(H,25,27)/t11-,12-/m1/s1. The molecule has 1 aliphatic rings. The van der Waals surface area contributed by atoms with Gasteiger partial charge >= 0.3 is 6.36 Å². The van der Waals surface area contributed by atoms with E-state index in [0.29, 0.717) is 31.0 Å². The number of hydrogen-bond donors (Lipinski definition) is 1. The van der Waals surface area contributed by atoms with Crippen LogP contribution >= 0.6 is 0 Å². The molecule has 0 radical (unpaired) electrons. The number of methoxy groups -OCH3 is 1. The first kappa shape index (κ1) is 21.1. The number of likely N-dealkylation sites (N-methyl/N-ethyl adjacent to an activating group) is 1. The van der Waals surface area contributed by atoms with Gasteiger partial charge in [0.05, 0.1) is 18.8 Å². The number of fused-ring (bicyclic) bond motifs is 1. The Bertz CT molecular complexity index is 1060. The molecule has 0 unspecified atom stereocenters. The minimum absolute atomic E-state index is 0.0731. The summed E-state index contributed by atoms with van der Waals surface area (Å²) in [6.45, 7) is 0.977. The number of anilines is 1.